The van der Waals surface area contributed by atoms with E-state index in [2.05, 4.69) is 15.9 Å². The summed E-state index contributed by atoms with van der Waals surface area (Å²) in [7, 11) is 3.36. The molecule has 0 aromatic heterocycles. The van der Waals surface area contributed by atoms with E-state index in [1.54, 1.807) is 44.4 Å². The van der Waals surface area contributed by atoms with Crippen molar-refractivity contribution in [1.82, 2.24) is 4.90 Å². The van der Waals surface area contributed by atoms with E-state index in [9.17, 15) is 14.9 Å². The summed E-state index contributed by atoms with van der Waals surface area (Å²) in [6.45, 7) is 0. The molecule has 0 N–H and O–H groups in total. The summed E-state index contributed by atoms with van der Waals surface area (Å²) >= 11 is 4.53. The van der Waals surface area contributed by atoms with Gasteiger partial charge in [-0.05, 0) is 23.8 Å². The summed E-state index contributed by atoms with van der Waals surface area (Å²) in [5.74, 6) is -0.132. The summed E-state index contributed by atoms with van der Waals surface area (Å²) in [5, 5.41) is 11.9. The van der Waals surface area contributed by atoms with E-state index in [1.807, 2.05) is 12.1 Å². The molecule has 0 aliphatic rings. The van der Waals surface area contributed by atoms with Gasteiger partial charge in [-0.1, -0.05) is 45.9 Å². The molecule has 5 nitrogen and oxygen atoms in total. The molecular formula is C16H15BrN2O3S. The van der Waals surface area contributed by atoms with Crippen LogP contribution in [0, 0.1) is 10.1 Å². The van der Waals surface area contributed by atoms with Crippen LogP contribution >= 0.6 is 27.7 Å². The fraction of sp³-hybridized carbons (Fsp3) is 0.188. The van der Waals surface area contributed by atoms with E-state index in [1.165, 1.54) is 16.7 Å². The van der Waals surface area contributed by atoms with Gasteiger partial charge in [0.25, 0.3) is 11.6 Å². The Morgan fingerprint density at radius 3 is 2.52 bits per heavy atom. The number of benzene rings is 2. The highest BCUT2D eigenvalue weighted by Crippen LogP contribution is 2.37. The predicted octanol–water partition coefficient (Wildman–Crippen LogP) is 4.34. The number of nitro benzene ring substituents is 1. The van der Waals surface area contributed by atoms with Gasteiger partial charge >= 0.3 is 0 Å². The number of alkyl halides is 1. The van der Waals surface area contributed by atoms with Crippen LogP contribution in [0.15, 0.2) is 52.3 Å². The molecule has 0 aliphatic heterocycles. The lowest BCUT2D eigenvalue weighted by Crippen LogP contribution is -2.22. The smallest absolute Gasteiger partial charge is 0.283 e. The molecule has 0 aliphatic carbocycles. The Hall–Kier alpha value is -1.86. The molecule has 2 aromatic carbocycles. The van der Waals surface area contributed by atoms with Gasteiger partial charge in [-0.15, -0.1) is 0 Å². The van der Waals surface area contributed by atoms with Crippen molar-refractivity contribution in [2.45, 2.75) is 15.1 Å². The molecule has 0 heterocycles. The fourth-order valence-corrected chi connectivity index (χ4v) is 3.34. The van der Waals surface area contributed by atoms with E-state index in [0.717, 1.165) is 5.56 Å². The molecule has 0 saturated heterocycles. The number of nitro groups is 1. The van der Waals surface area contributed by atoms with Crippen molar-refractivity contribution in [3.63, 3.8) is 0 Å². The van der Waals surface area contributed by atoms with Crippen LogP contribution in [0.2, 0.25) is 0 Å². The van der Waals surface area contributed by atoms with Gasteiger partial charge in [-0.25, -0.2) is 0 Å². The van der Waals surface area contributed by atoms with Crippen molar-refractivity contribution in [2.24, 2.45) is 0 Å². The number of carbonyl (C=O) groups excluding carboxylic acids is 1. The van der Waals surface area contributed by atoms with Gasteiger partial charge in [0.2, 0.25) is 0 Å². The molecule has 2 aromatic rings. The monoisotopic (exact) mass is 394 g/mol. The lowest BCUT2D eigenvalue weighted by Gasteiger charge is -2.13. The molecule has 120 valence electrons. The molecule has 0 atom stereocenters. The Kier molecular flexibility index (Phi) is 5.79. The van der Waals surface area contributed by atoms with Crippen LogP contribution in [0.5, 0.6) is 0 Å². The lowest BCUT2D eigenvalue weighted by molar-refractivity contribution is -0.387. The predicted molar refractivity (Wildman–Crippen MR) is 94.3 cm³/mol. The third-order valence-corrected chi connectivity index (χ3v) is 4.91. The molecule has 1 amide bonds. The number of carbonyl (C=O) groups is 1. The zero-order valence-corrected chi connectivity index (χ0v) is 15.1. The second-order valence-corrected chi connectivity index (χ2v) is 6.64. The second-order valence-electron chi connectivity index (χ2n) is 4.99. The normalized spacial score (nSPS) is 10.4. The molecule has 0 radical (unpaired) electrons. The molecular weight excluding hydrogens is 380 g/mol. The summed E-state index contributed by atoms with van der Waals surface area (Å²) in [6, 6.07) is 12.2. The van der Waals surface area contributed by atoms with Gasteiger partial charge in [0, 0.05) is 30.4 Å². The number of nitrogens with zero attached hydrogens (tertiary/aromatic N) is 2. The standard InChI is InChI=1S/C16H15BrN2O3S/c1-18(2)16(20)12-5-3-4-6-14(12)23-15-8-7-11(10-17)9-13(15)19(21)22/h3-9H,10H2,1-2H3. The van der Waals surface area contributed by atoms with Gasteiger partial charge in [0.05, 0.1) is 15.4 Å². The van der Waals surface area contributed by atoms with E-state index in [0.29, 0.717) is 20.7 Å². The molecule has 2 rings (SSSR count). The average molecular weight is 395 g/mol. The minimum atomic E-state index is -0.398. The van der Waals surface area contributed by atoms with E-state index >= 15 is 0 Å². The lowest BCUT2D eigenvalue weighted by atomic mass is 10.2. The van der Waals surface area contributed by atoms with Crippen LogP contribution in [0.3, 0.4) is 0 Å². The molecule has 0 saturated carbocycles. The second kappa shape index (κ2) is 7.61. The van der Waals surface area contributed by atoms with Gasteiger partial charge in [-0.3, -0.25) is 14.9 Å². The van der Waals surface area contributed by atoms with E-state index in [-0.39, 0.29) is 11.6 Å². The largest absolute Gasteiger partial charge is 0.345 e. The van der Waals surface area contributed by atoms with Gasteiger partial charge in [0.15, 0.2) is 0 Å². The Balaban J connectivity index is 2.44. The van der Waals surface area contributed by atoms with Crippen molar-refractivity contribution in [3.8, 4) is 0 Å². The fourth-order valence-electron chi connectivity index (χ4n) is 1.97. The third kappa shape index (κ3) is 4.11. The molecule has 0 bridgehead atoms. The molecule has 0 fully saturated rings. The van der Waals surface area contributed by atoms with Crippen LogP contribution in [0.25, 0.3) is 0 Å². The highest BCUT2D eigenvalue weighted by atomic mass is 79.9. The van der Waals surface area contributed by atoms with Gasteiger partial charge in [0.1, 0.15) is 0 Å². The topological polar surface area (TPSA) is 63.5 Å². The van der Waals surface area contributed by atoms with E-state index in [4.69, 9.17) is 0 Å². The van der Waals surface area contributed by atoms with Crippen molar-refractivity contribution < 1.29 is 9.72 Å². The van der Waals surface area contributed by atoms with Crippen molar-refractivity contribution in [2.75, 3.05) is 14.1 Å². The Morgan fingerprint density at radius 2 is 1.91 bits per heavy atom. The Bertz CT molecular complexity index is 750. The third-order valence-electron chi connectivity index (χ3n) is 3.12. The first kappa shape index (κ1) is 17.5. The average Bonchev–Trinajstić information content (AvgIpc) is 2.54. The number of halogens is 1. The molecule has 23 heavy (non-hydrogen) atoms. The highest BCUT2D eigenvalue weighted by Gasteiger charge is 2.19. The zero-order valence-electron chi connectivity index (χ0n) is 12.7. The quantitative estimate of drug-likeness (QED) is 0.429. The SMILES string of the molecule is CN(C)C(=O)c1ccccc1Sc1ccc(CBr)cc1[N+](=O)[O-]. The summed E-state index contributed by atoms with van der Waals surface area (Å²) in [4.78, 5) is 25.9. The maximum Gasteiger partial charge on any atom is 0.283 e. The van der Waals surface area contributed by atoms with Crippen molar-refractivity contribution in [3.05, 3.63) is 63.7 Å². The first-order valence-corrected chi connectivity index (χ1v) is 8.69. The van der Waals surface area contributed by atoms with Crippen LogP contribution in [0.1, 0.15) is 15.9 Å². The molecule has 0 unspecified atom stereocenters. The number of rotatable bonds is 5. The first-order chi connectivity index (χ1) is 10.9. The number of hydrogen-bond donors (Lipinski definition) is 0. The zero-order chi connectivity index (χ0) is 17.0. The first-order valence-electron chi connectivity index (χ1n) is 6.76. The minimum absolute atomic E-state index is 0.0408. The van der Waals surface area contributed by atoms with Gasteiger partial charge < -0.3 is 4.90 Å². The number of amides is 1. The molecule has 7 heteroatoms. The molecule has 0 spiro atoms. The minimum Gasteiger partial charge on any atom is -0.345 e. The van der Waals surface area contributed by atoms with Crippen LogP contribution in [-0.4, -0.2) is 29.8 Å². The van der Waals surface area contributed by atoms with Crippen LogP contribution in [-0.2, 0) is 5.33 Å². The van der Waals surface area contributed by atoms with Gasteiger partial charge in [-0.2, -0.15) is 0 Å². The van der Waals surface area contributed by atoms with Crippen molar-refractivity contribution >= 4 is 39.3 Å². The van der Waals surface area contributed by atoms with E-state index < -0.39 is 4.92 Å². The van der Waals surface area contributed by atoms with Crippen LogP contribution in [0.4, 0.5) is 5.69 Å². The number of hydrogen-bond acceptors (Lipinski definition) is 4. The maximum absolute atomic E-state index is 12.2. The van der Waals surface area contributed by atoms with Crippen LogP contribution < -0.4 is 0 Å². The Labute approximate surface area is 147 Å². The van der Waals surface area contributed by atoms with Crippen molar-refractivity contribution in [1.29, 1.82) is 0 Å². The Morgan fingerprint density at radius 1 is 1.22 bits per heavy atom. The summed E-state index contributed by atoms with van der Waals surface area (Å²) in [6.07, 6.45) is 0. The summed E-state index contributed by atoms with van der Waals surface area (Å²) in [5.41, 5.74) is 1.40. The maximum atomic E-state index is 12.2. The highest BCUT2D eigenvalue weighted by molar-refractivity contribution is 9.08. The summed E-state index contributed by atoms with van der Waals surface area (Å²) < 4.78 is 0.